The highest BCUT2D eigenvalue weighted by atomic mass is 16.6. The van der Waals surface area contributed by atoms with E-state index in [1.54, 1.807) is 63.0 Å². The number of aryl methyl sites for hydroxylation is 1. The van der Waals surface area contributed by atoms with E-state index in [2.05, 4.69) is 15.5 Å². The Morgan fingerprint density at radius 2 is 1.83 bits per heavy atom. The maximum atomic E-state index is 13.6. The molecule has 1 aliphatic heterocycles. The largest absolute Gasteiger partial charge is 0.497 e. The lowest BCUT2D eigenvalue weighted by Gasteiger charge is -2.19. The Hall–Kier alpha value is -5.07. The highest BCUT2D eigenvalue weighted by molar-refractivity contribution is 6.22. The number of hydrogen-bond donors (Lipinski definition) is 2. The molecule has 2 atom stereocenters. The first-order valence-corrected chi connectivity index (χ1v) is 13.2. The van der Waals surface area contributed by atoms with Gasteiger partial charge in [0, 0.05) is 18.4 Å². The molecule has 13 heteroatoms. The number of fused-ring (bicyclic) bond motifs is 3. The van der Waals surface area contributed by atoms with E-state index < -0.39 is 29.1 Å². The van der Waals surface area contributed by atoms with Gasteiger partial charge < -0.3 is 24.6 Å². The number of anilines is 3. The average Bonchev–Trinajstić information content (AvgIpc) is 3.33. The normalized spacial score (nSPS) is 19.2. The van der Waals surface area contributed by atoms with Gasteiger partial charge in [0.15, 0.2) is 17.4 Å². The number of imide groups is 1. The average molecular weight is 575 g/mol. The number of benzene rings is 2. The van der Waals surface area contributed by atoms with Crippen LogP contribution in [0.15, 0.2) is 42.6 Å². The number of nitrogens with zero attached hydrogens (tertiary/aromatic N) is 5. The lowest BCUT2D eigenvalue weighted by Crippen LogP contribution is -2.36. The number of methoxy groups -OCH3 is 2. The van der Waals surface area contributed by atoms with Crippen LogP contribution in [0.2, 0.25) is 0 Å². The summed E-state index contributed by atoms with van der Waals surface area (Å²) in [6, 6.07) is 10.4. The number of carbonyl (C=O) groups is 3. The van der Waals surface area contributed by atoms with Crippen LogP contribution < -0.4 is 19.7 Å². The number of hydrogen-bond acceptors (Lipinski definition) is 9. The molecule has 0 saturated heterocycles. The third-order valence-corrected chi connectivity index (χ3v) is 7.59. The fourth-order valence-corrected chi connectivity index (χ4v) is 5.71. The summed E-state index contributed by atoms with van der Waals surface area (Å²) in [7, 11) is 4.80. The van der Waals surface area contributed by atoms with Crippen molar-refractivity contribution in [2.24, 2.45) is 7.05 Å². The quantitative estimate of drug-likeness (QED) is 0.341. The van der Waals surface area contributed by atoms with Gasteiger partial charge in [-0.25, -0.2) is 14.5 Å². The maximum absolute atomic E-state index is 13.6. The molecule has 4 aromatic rings. The minimum Gasteiger partial charge on any atom is -0.497 e. The fourth-order valence-electron chi connectivity index (χ4n) is 5.71. The maximum Gasteiger partial charge on any atom is 0.435 e. The summed E-state index contributed by atoms with van der Waals surface area (Å²) in [6.07, 6.45) is 0.0811. The lowest BCUT2D eigenvalue weighted by atomic mass is 9.91. The van der Waals surface area contributed by atoms with Gasteiger partial charge in [0.05, 0.1) is 37.0 Å². The predicted octanol–water partition coefficient (Wildman–Crippen LogP) is 4.76. The molecule has 0 unspecified atom stereocenters. The molecule has 1 aliphatic carbocycles. The van der Waals surface area contributed by atoms with E-state index in [1.165, 1.54) is 18.9 Å². The van der Waals surface area contributed by atoms with E-state index in [0.717, 1.165) is 10.5 Å². The summed E-state index contributed by atoms with van der Waals surface area (Å²) < 4.78 is 19.2. The van der Waals surface area contributed by atoms with Crippen molar-refractivity contribution in [3.8, 4) is 11.5 Å². The van der Waals surface area contributed by atoms with E-state index in [9.17, 15) is 19.5 Å². The van der Waals surface area contributed by atoms with Crippen molar-refractivity contribution in [2.75, 3.05) is 24.4 Å². The van der Waals surface area contributed by atoms with Gasteiger partial charge in [-0.1, -0.05) is 6.07 Å². The second-order valence-corrected chi connectivity index (χ2v) is 11.4. The van der Waals surface area contributed by atoms with Crippen LogP contribution in [0.1, 0.15) is 44.2 Å². The number of rotatable bonds is 5. The van der Waals surface area contributed by atoms with Crippen LogP contribution in [0.5, 0.6) is 11.5 Å². The first-order chi connectivity index (χ1) is 19.9. The third-order valence-electron chi connectivity index (χ3n) is 7.59. The van der Waals surface area contributed by atoms with Gasteiger partial charge in [-0.2, -0.15) is 9.78 Å². The smallest absolute Gasteiger partial charge is 0.435 e. The van der Waals surface area contributed by atoms with E-state index in [0.29, 0.717) is 51.7 Å². The standard InChI is InChI=1S/C29H30N6O7/c1-28(2,3)42-27(39)35-21-11-15(7-9-17(21)23(32-35)30-24-22(41-6)14-33(4)31-24)19-13-29(19)18-12-16(40-5)8-10-20(18)34(25(29)36)26(37)38/h7-12,14,19H,13H2,1-6H3,(H,37,38)(H,30,31,32)/t19-,29-/m0/s1. The zero-order chi connectivity index (χ0) is 30.1. The number of amides is 2. The molecule has 0 bridgehead atoms. The Labute approximate surface area is 240 Å². The molecule has 42 heavy (non-hydrogen) atoms. The molecule has 218 valence electrons. The first kappa shape index (κ1) is 27.1. The van der Waals surface area contributed by atoms with Crippen molar-refractivity contribution in [1.29, 1.82) is 0 Å². The van der Waals surface area contributed by atoms with E-state index in [-0.39, 0.29) is 5.92 Å². The summed E-state index contributed by atoms with van der Waals surface area (Å²) >= 11 is 0. The summed E-state index contributed by atoms with van der Waals surface area (Å²) in [6.45, 7) is 5.29. The van der Waals surface area contributed by atoms with Gasteiger partial charge in [-0.15, -0.1) is 5.10 Å². The Balaban J connectivity index is 1.45. The van der Waals surface area contributed by atoms with Gasteiger partial charge in [-0.3, -0.25) is 9.48 Å². The molecule has 2 aliphatic rings. The molecule has 2 aromatic heterocycles. The second kappa shape index (κ2) is 9.23. The van der Waals surface area contributed by atoms with Gasteiger partial charge in [-0.05, 0) is 68.7 Å². The highest BCUT2D eigenvalue weighted by Gasteiger charge is 2.68. The van der Waals surface area contributed by atoms with Crippen LogP contribution in [0.4, 0.5) is 26.9 Å². The molecule has 13 nitrogen and oxygen atoms in total. The molecule has 6 rings (SSSR count). The molecule has 2 N–H and O–H groups in total. The van der Waals surface area contributed by atoms with Gasteiger partial charge >= 0.3 is 12.2 Å². The van der Waals surface area contributed by atoms with Gasteiger partial charge in [0.25, 0.3) is 0 Å². The fraction of sp³-hybridized carbons (Fsp3) is 0.345. The Kier molecular flexibility index (Phi) is 5.96. The zero-order valence-electron chi connectivity index (χ0n) is 24.0. The Morgan fingerprint density at radius 3 is 2.50 bits per heavy atom. The van der Waals surface area contributed by atoms with Crippen LogP contribution in [-0.4, -0.2) is 62.6 Å². The molecular formula is C29H30N6O7. The topological polar surface area (TPSA) is 150 Å². The predicted molar refractivity (Wildman–Crippen MR) is 152 cm³/mol. The Morgan fingerprint density at radius 1 is 1.07 bits per heavy atom. The van der Waals surface area contributed by atoms with Gasteiger partial charge in [0.1, 0.15) is 11.4 Å². The highest BCUT2D eigenvalue weighted by Crippen LogP contribution is 2.67. The summed E-state index contributed by atoms with van der Waals surface area (Å²) in [5.74, 6) is 0.946. The minimum atomic E-state index is -1.34. The molecular weight excluding hydrogens is 544 g/mol. The number of ether oxygens (including phenoxy) is 3. The third kappa shape index (κ3) is 4.11. The number of carboxylic acid groups (broad SMARTS) is 1. The van der Waals surface area contributed by atoms with E-state index in [4.69, 9.17) is 14.2 Å². The Bertz CT molecular complexity index is 1780. The molecule has 3 heterocycles. The van der Waals surface area contributed by atoms with Crippen molar-refractivity contribution < 1.29 is 33.7 Å². The monoisotopic (exact) mass is 574 g/mol. The number of nitrogens with one attached hydrogen (secondary N) is 1. The van der Waals surface area contributed by atoms with Crippen molar-refractivity contribution in [3.05, 3.63) is 53.7 Å². The molecule has 1 fully saturated rings. The second-order valence-electron chi connectivity index (χ2n) is 11.4. The zero-order valence-corrected chi connectivity index (χ0v) is 24.0. The molecule has 2 amide bonds. The first-order valence-electron chi connectivity index (χ1n) is 13.2. The van der Waals surface area contributed by atoms with Crippen molar-refractivity contribution in [2.45, 2.75) is 44.1 Å². The lowest BCUT2D eigenvalue weighted by molar-refractivity contribution is -0.119. The van der Waals surface area contributed by atoms with Crippen LogP contribution in [0.25, 0.3) is 10.9 Å². The summed E-state index contributed by atoms with van der Waals surface area (Å²) in [5.41, 5.74) is 0.298. The minimum absolute atomic E-state index is 0.325. The number of aromatic nitrogens is 4. The van der Waals surface area contributed by atoms with Crippen LogP contribution in [-0.2, 0) is 22.0 Å². The molecule has 1 spiro atoms. The van der Waals surface area contributed by atoms with Crippen molar-refractivity contribution >= 4 is 46.3 Å². The van der Waals surface area contributed by atoms with Gasteiger partial charge in [0.2, 0.25) is 5.91 Å². The van der Waals surface area contributed by atoms with Crippen molar-refractivity contribution in [3.63, 3.8) is 0 Å². The SMILES string of the molecule is COc1ccc2c(c1)[C@]1(C[C@H]1c1ccc3c(Nc4nn(C)cc4OC)nn(C(=O)OC(C)(C)C)c3c1)C(=O)N2C(=O)O. The van der Waals surface area contributed by atoms with Crippen LogP contribution in [0, 0.1) is 0 Å². The summed E-state index contributed by atoms with van der Waals surface area (Å²) in [5, 5.41) is 22.5. The van der Waals surface area contributed by atoms with Crippen molar-refractivity contribution in [1.82, 2.24) is 19.6 Å². The molecule has 0 radical (unpaired) electrons. The van der Waals surface area contributed by atoms with Crippen LogP contribution in [0.3, 0.4) is 0 Å². The van der Waals surface area contributed by atoms with E-state index in [1.807, 2.05) is 12.1 Å². The number of carbonyl (C=O) groups excluding carboxylic acids is 2. The molecule has 1 saturated carbocycles. The summed E-state index contributed by atoms with van der Waals surface area (Å²) in [4.78, 5) is 39.8. The van der Waals surface area contributed by atoms with Crippen LogP contribution >= 0.6 is 0 Å². The molecule has 2 aromatic carbocycles. The van der Waals surface area contributed by atoms with E-state index >= 15 is 0 Å².